The van der Waals surface area contributed by atoms with Crippen molar-refractivity contribution in [1.29, 1.82) is 0 Å². The Kier molecular flexibility index (Phi) is 4.77. The lowest BCUT2D eigenvalue weighted by atomic mass is 10.2. The number of ether oxygens (including phenoxy) is 2. The summed E-state index contributed by atoms with van der Waals surface area (Å²) in [7, 11) is 1.62. The van der Waals surface area contributed by atoms with Crippen LogP contribution in [0.3, 0.4) is 0 Å². The Balaban J connectivity index is 1.64. The molecule has 2 heterocycles. The molecule has 0 N–H and O–H groups in total. The number of nitrogens with zero attached hydrogens (tertiary/aromatic N) is 2. The summed E-state index contributed by atoms with van der Waals surface area (Å²) in [6.07, 6.45) is -1.16. The number of rotatable bonds is 4. The smallest absolute Gasteiger partial charge is 0.416 e. The van der Waals surface area contributed by atoms with Crippen molar-refractivity contribution < 1.29 is 22.6 Å². The van der Waals surface area contributed by atoms with Crippen molar-refractivity contribution in [3.05, 3.63) is 78.1 Å². The predicted molar refractivity (Wildman–Crippen MR) is 99.8 cm³/mol. The molecule has 4 nitrogen and oxygen atoms in total. The summed E-state index contributed by atoms with van der Waals surface area (Å²) < 4.78 is 52.0. The second kappa shape index (κ2) is 7.24. The molecule has 1 atom stereocenters. The first-order chi connectivity index (χ1) is 13.5. The Hall–Kier alpha value is -2.93. The second-order valence-electron chi connectivity index (χ2n) is 6.49. The van der Waals surface area contributed by atoms with E-state index in [9.17, 15) is 13.2 Å². The molecule has 0 unspecified atom stereocenters. The number of benzene rings is 2. The van der Waals surface area contributed by atoms with Gasteiger partial charge in [-0.3, -0.25) is 0 Å². The number of methoxy groups -OCH3 is 1. The minimum absolute atomic E-state index is 0.330. The number of hydrogen-bond acceptors (Lipinski definition) is 3. The van der Waals surface area contributed by atoms with Crippen molar-refractivity contribution in [3.8, 4) is 11.4 Å². The van der Waals surface area contributed by atoms with Gasteiger partial charge in [-0.15, -0.1) is 0 Å². The van der Waals surface area contributed by atoms with Gasteiger partial charge in [0.25, 0.3) is 0 Å². The molecule has 146 valence electrons. The summed E-state index contributed by atoms with van der Waals surface area (Å²) >= 11 is 0. The maximum absolute atomic E-state index is 13.0. The third kappa shape index (κ3) is 3.45. The maximum Gasteiger partial charge on any atom is 0.416 e. The van der Waals surface area contributed by atoms with Gasteiger partial charge in [0.2, 0.25) is 0 Å². The quantitative estimate of drug-likeness (QED) is 0.627. The van der Waals surface area contributed by atoms with Crippen LogP contribution >= 0.6 is 0 Å². The van der Waals surface area contributed by atoms with E-state index in [0.717, 1.165) is 29.1 Å². The molecule has 0 radical (unpaired) electrons. The standard InChI is InChI=1S/C21H19F3N2O2/c1-27-19-8-3-2-7-18(19)26-11-12-28-20(26)15-9-10-25(14-15)17-6-4-5-16(13-17)21(22,23)24/h2-10,13-14,20H,11-12H2,1H3/t20-/m0/s1. The van der Waals surface area contributed by atoms with Crippen LogP contribution in [0.1, 0.15) is 17.4 Å². The molecule has 1 fully saturated rings. The lowest BCUT2D eigenvalue weighted by Gasteiger charge is -2.26. The van der Waals surface area contributed by atoms with Gasteiger partial charge in [-0.05, 0) is 36.4 Å². The fourth-order valence-corrected chi connectivity index (χ4v) is 3.42. The van der Waals surface area contributed by atoms with Crippen LogP contribution in [0.15, 0.2) is 67.0 Å². The maximum atomic E-state index is 13.0. The van der Waals surface area contributed by atoms with Crippen molar-refractivity contribution in [2.75, 3.05) is 25.2 Å². The third-order valence-electron chi connectivity index (χ3n) is 4.76. The monoisotopic (exact) mass is 388 g/mol. The number of aromatic nitrogens is 1. The summed E-state index contributed by atoms with van der Waals surface area (Å²) in [4.78, 5) is 2.09. The Morgan fingerprint density at radius 3 is 2.68 bits per heavy atom. The van der Waals surface area contributed by atoms with Crippen molar-refractivity contribution in [2.45, 2.75) is 12.4 Å². The van der Waals surface area contributed by atoms with Gasteiger partial charge in [0.15, 0.2) is 6.23 Å². The molecule has 2 aromatic carbocycles. The molecule has 3 aromatic rings. The van der Waals surface area contributed by atoms with Gasteiger partial charge in [-0.2, -0.15) is 13.2 Å². The molecule has 0 bridgehead atoms. The van der Waals surface area contributed by atoms with E-state index < -0.39 is 11.7 Å². The third-order valence-corrected chi connectivity index (χ3v) is 4.76. The van der Waals surface area contributed by atoms with E-state index in [1.807, 2.05) is 30.3 Å². The van der Waals surface area contributed by atoms with E-state index in [-0.39, 0.29) is 6.23 Å². The van der Waals surface area contributed by atoms with Gasteiger partial charge in [-0.25, -0.2) is 0 Å². The molecular formula is C21H19F3N2O2. The van der Waals surface area contributed by atoms with Crippen LogP contribution in [0.25, 0.3) is 5.69 Å². The fraction of sp³-hybridized carbons (Fsp3) is 0.238. The number of halogens is 3. The molecule has 1 aromatic heterocycles. The highest BCUT2D eigenvalue weighted by atomic mass is 19.4. The molecule has 1 aliphatic rings. The lowest BCUT2D eigenvalue weighted by molar-refractivity contribution is -0.137. The summed E-state index contributed by atoms with van der Waals surface area (Å²) in [6.45, 7) is 1.25. The minimum atomic E-state index is -4.37. The summed E-state index contributed by atoms with van der Waals surface area (Å²) in [6, 6.07) is 14.8. The number of hydrogen-bond donors (Lipinski definition) is 0. The summed E-state index contributed by atoms with van der Waals surface area (Å²) in [5, 5.41) is 0. The Bertz CT molecular complexity index is 968. The van der Waals surface area contributed by atoms with E-state index in [1.54, 1.807) is 30.1 Å². The van der Waals surface area contributed by atoms with Crippen molar-refractivity contribution >= 4 is 5.69 Å². The van der Waals surface area contributed by atoms with E-state index in [4.69, 9.17) is 9.47 Å². The SMILES string of the molecule is COc1ccccc1N1CCO[C@H]1c1ccn(-c2cccc(C(F)(F)F)c2)c1. The zero-order chi connectivity index (χ0) is 19.7. The van der Waals surface area contributed by atoms with E-state index in [1.165, 1.54) is 6.07 Å². The lowest BCUT2D eigenvalue weighted by Crippen LogP contribution is -2.23. The van der Waals surface area contributed by atoms with Crippen molar-refractivity contribution in [2.24, 2.45) is 0 Å². The average Bonchev–Trinajstić information content (AvgIpc) is 3.36. The highest BCUT2D eigenvalue weighted by Crippen LogP contribution is 2.38. The van der Waals surface area contributed by atoms with Crippen molar-refractivity contribution in [3.63, 3.8) is 0 Å². The molecule has 28 heavy (non-hydrogen) atoms. The van der Waals surface area contributed by atoms with Crippen LogP contribution in [0.5, 0.6) is 5.75 Å². The molecule has 0 saturated carbocycles. The van der Waals surface area contributed by atoms with Crippen LogP contribution in [0, 0.1) is 0 Å². The van der Waals surface area contributed by atoms with E-state index >= 15 is 0 Å². The van der Waals surface area contributed by atoms with Crippen LogP contribution in [0.2, 0.25) is 0 Å². The summed E-state index contributed by atoms with van der Waals surface area (Å²) in [5.74, 6) is 0.746. The van der Waals surface area contributed by atoms with Gasteiger partial charge in [-0.1, -0.05) is 18.2 Å². The highest BCUT2D eigenvalue weighted by Gasteiger charge is 2.31. The average molecular weight is 388 g/mol. The largest absolute Gasteiger partial charge is 0.495 e. The van der Waals surface area contributed by atoms with E-state index in [0.29, 0.717) is 18.8 Å². The van der Waals surface area contributed by atoms with Gasteiger partial charge >= 0.3 is 6.18 Å². The number of para-hydroxylation sites is 2. The molecule has 1 saturated heterocycles. The van der Waals surface area contributed by atoms with Gasteiger partial charge in [0.05, 0.1) is 25.0 Å². The molecule has 0 aliphatic carbocycles. The Morgan fingerprint density at radius 1 is 1.07 bits per heavy atom. The zero-order valence-electron chi connectivity index (χ0n) is 15.2. The first-order valence-electron chi connectivity index (χ1n) is 8.84. The molecule has 0 amide bonds. The van der Waals surface area contributed by atoms with Crippen molar-refractivity contribution in [1.82, 2.24) is 4.57 Å². The van der Waals surface area contributed by atoms with Gasteiger partial charge < -0.3 is 18.9 Å². The van der Waals surface area contributed by atoms with Gasteiger partial charge in [0, 0.05) is 30.2 Å². The topological polar surface area (TPSA) is 26.6 Å². The highest BCUT2D eigenvalue weighted by molar-refractivity contribution is 5.60. The second-order valence-corrected chi connectivity index (χ2v) is 6.49. The Morgan fingerprint density at radius 2 is 1.89 bits per heavy atom. The minimum Gasteiger partial charge on any atom is -0.495 e. The molecule has 0 spiro atoms. The van der Waals surface area contributed by atoms with Crippen LogP contribution in [0.4, 0.5) is 18.9 Å². The van der Waals surface area contributed by atoms with E-state index in [2.05, 4.69) is 4.90 Å². The predicted octanol–water partition coefficient (Wildman–Crippen LogP) is 5.04. The fourth-order valence-electron chi connectivity index (χ4n) is 3.42. The molecule has 7 heteroatoms. The first kappa shape index (κ1) is 18.4. The first-order valence-corrected chi connectivity index (χ1v) is 8.84. The number of alkyl halides is 3. The van der Waals surface area contributed by atoms with Crippen LogP contribution < -0.4 is 9.64 Å². The van der Waals surface area contributed by atoms with Crippen LogP contribution in [-0.2, 0) is 10.9 Å². The Labute approximate surface area is 160 Å². The van der Waals surface area contributed by atoms with Gasteiger partial charge in [0.1, 0.15) is 5.75 Å². The van der Waals surface area contributed by atoms with Crippen LogP contribution in [-0.4, -0.2) is 24.8 Å². The molecule has 1 aliphatic heterocycles. The zero-order valence-corrected chi connectivity index (χ0v) is 15.2. The number of anilines is 1. The molecule has 4 rings (SSSR count). The molecular weight excluding hydrogens is 369 g/mol. The normalized spacial score (nSPS) is 17.1. The summed E-state index contributed by atoms with van der Waals surface area (Å²) in [5.41, 5.74) is 1.55.